The molecule has 3 rings (SSSR count). The fourth-order valence-electron chi connectivity index (χ4n) is 2.25. The smallest absolute Gasteiger partial charge is 0.274 e. The van der Waals surface area contributed by atoms with Crippen LogP contribution in [-0.4, -0.2) is 20.5 Å². The van der Waals surface area contributed by atoms with Crippen LogP contribution in [0, 0.1) is 12.7 Å². The van der Waals surface area contributed by atoms with Gasteiger partial charge in [0.15, 0.2) is 5.65 Å². The maximum absolute atomic E-state index is 13.8. The van der Waals surface area contributed by atoms with Crippen molar-refractivity contribution in [3.05, 3.63) is 59.3 Å². The molecule has 0 aliphatic rings. The summed E-state index contributed by atoms with van der Waals surface area (Å²) < 4.78 is 15.5. The highest BCUT2D eigenvalue weighted by atomic mass is 19.1. The number of aryl methyl sites for hydroxylation is 2. The van der Waals surface area contributed by atoms with Crippen molar-refractivity contribution < 1.29 is 9.18 Å². The molecule has 0 atom stereocenters. The summed E-state index contributed by atoms with van der Waals surface area (Å²) in [6.45, 7) is 3.76. The van der Waals surface area contributed by atoms with Crippen molar-refractivity contribution in [3.63, 3.8) is 0 Å². The number of rotatable bonds is 3. The standard InChI is InChI=1S/C16H15FN4O/c1-3-11-9-14(19-15-6-7-18-21(11)15)16(22)20-13-5-4-10(2)8-12(13)17/h4-9H,3H2,1-2H3,(H,20,22). The lowest BCUT2D eigenvalue weighted by Crippen LogP contribution is -2.16. The topological polar surface area (TPSA) is 59.3 Å². The minimum absolute atomic E-state index is 0.142. The fraction of sp³-hybridized carbons (Fsp3) is 0.188. The highest BCUT2D eigenvalue weighted by Gasteiger charge is 2.14. The van der Waals surface area contributed by atoms with E-state index in [1.807, 2.05) is 6.92 Å². The molecule has 0 fully saturated rings. The molecule has 0 saturated heterocycles. The number of amides is 1. The van der Waals surface area contributed by atoms with Gasteiger partial charge in [-0.05, 0) is 37.1 Å². The van der Waals surface area contributed by atoms with Crippen LogP contribution in [0.3, 0.4) is 0 Å². The normalized spacial score (nSPS) is 10.9. The van der Waals surface area contributed by atoms with Crippen LogP contribution in [0.4, 0.5) is 10.1 Å². The lowest BCUT2D eigenvalue weighted by atomic mass is 10.2. The second-order valence-electron chi connectivity index (χ2n) is 5.02. The van der Waals surface area contributed by atoms with E-state index in [2.05, 4.69) is 15.4 Å². The van der Waals surface area contributed by atoms with Gasteiger partial charge in [0, 0.05) is 11.8 Å². The number of carbonyl (C=O) groups is 1. The maximum Gasteiger partial charge on any atom is 0.274 e. The summed E-state index contributed by atoms with van der Waals surface area (Å²) in [6.07, 6.45) is 2.34. The number of hydrogen-bond donors (Lipinski definition) is 1. The van der Waals surface area contributed by atoms with E-state index in [4.69, 9.17) is 0 Å². The van der Waals surface area contributed by atoms with Crippen molar-refractivity contribution in [2.75, 3.05) is 5.32 Å². The maximum atomic E-state index is 13.8. The zero-order chi connectivity index (χ0) is 15.7. The van der Waals surface area contributed by atoms with Crippen molar-refractivity contribution in [2.24, 2.45) is 0 Å². The highest BCUT2D eigenvalue weighted by molar-refractivity contribution is 6.03. The van der Waals surface area contributed by atoms with Crippen LogP contribution in [0.2, 0.25) is 0 Å². The summed E-state index contributed by atoms with van der Waals surface area (Å²) >= 11 is 0. The molecule has 112 valence electrons. The average molecular weight is 298 g/mol. The monoisotopic (exact) mass is 298 g/mol. The number of anilines is 1. The highest BCUT2D eigenvalue weighted by Crippen LogP contribution is 2.17. The van der Waals surface area contributed by atoms with Crippen molar-refractivity contribution in [1.29, 1.82) is 0 Å². The summed E-state index contributed by atoms with van der Waals surface area (Å²) in [6, 6.07) is 8.05. The van der Waals surface area contributed by atoms with E-state index < -0.39 is 11.7 Å². The molecule has 0 aliphatic carbocycles. The van der Waals surface area contributed by atoms with Crippen LogP contribution < -0.4 is 5.32 Å². The molecule has 6 heteroatoms. The zero-order valence-electron chi connectivity index (χ0n) is 12.3. The van der Waals surface area contributed by atoms with Crippen molar-refractivity contribution >= 4 is 17.2 Å². The van der Waals surface area contributed by atoms with Gasteiger partial charge >= 0.3 is 0 Å². The molecule has 0 spiro atoms. The Labute approximate surface area is 126 Å². The fourth-order valence-corrected chi connectivity index (χ4v) is 2.25. The second kappa shape index (κ2) is 5.55. The summed E-state index contributed by atoms with van der Waals surface area (Å²) in [4.78, 5) is 16.6. The average Bonchev–Trinajstić information content (AvgIpc) is 2.97. The molecule has 2 aromatic heterocycles. The zero-order valence-corrected chi connectivity index (χ0v) is 12.3. The van der Waals surface area contributed by atoms with Gasteiger partial charge in [-0.2, -0.15) is 5.10 Å². The lowest BCUT2D eigenvalue weighted by Gasteiger charge is -2.08. The molecule has 0 bridgehead atoms. The molecule has 22 heavy (non-hydrogen) atoms. The first-order chi connectivity index (χ1) is 10.6. The lowest BCUT2D eigenvalue weighted by molar-refractivity contribution is 0.102. The largest absolute Gasteiger partial charge is 0.318 e. The molecule has 2 heterocycles. The van der Waals surface area contributed by atoms with Gasteiger partial charge in [0.2, 0.25) is 0 Å². The van der Waals surface area contributed by atoms with E-state index in [9.17, 15) is 9.18 Å². The Morgan fingerprint density at radius 1 is 1.32 bits per heavy atom. The predicted octanol–water partition coefficient (Wildman–Crippen LogP) is 2.99. The molecule has 1 aromatic carbocycles. The molecule has 1 amide bonds. The number of benzene rings is 1. The van der Waals surface area contributed by atoms with E-state index in [1.165, 1.54) is 6.07 Å². The molecule has 1 N–H and O–H groups in total. The van der Waals surface area contributed by atoms with E-state index in [1.54, 1.807) is 41.9 Å². The minimum atomic E-state index is -0.463. The number of halogens is 1. The van der Waals surface area contributed by atoms with Gasteiger partial charge in [-0.25, -0.2) is 13.9 Å². The van der Waals surface area contributed by atoms with Crippen molar-refractivity contribution in [2.45, 2.75) is 20.3 Å². The Morgan fingerprint density at radius 2 is 2.14 bits per heavy atom. The first-order valence-corrected chi connectivity index (χ1v) is 6.99. The van der Waals surface area contributed by atoms with Gasteiger partial charge in [0.05, 0.1) is 11.9 Å². The van der Waals surface area contributed by atoms with Crippen molar-refractivity contribution in [1.82, 2.24) is 14.6 Å². The number of fused-ring (bicyclic) bond motifs is 1. The SMILES string of the molecule is CCc1cc(C(=O)Nc2ccc(C)cc2F)nc2ccnn12. The van der Waals surface area contributed by atoms with E-state index in [-0.39, 0.29) is 11.4 Å². The van der Waals surface area contributed by atoms with Gasteiger partial charge in [-0.3, -0.25) is 4.79 Å². The Kier molecular flexibility index (Phi) is 3.58. The Bertz CT molecular complexity index is 856. The number of nitrogens with zero attached hydrogens (tertiary/aromatic N) is 3. The van der Waals surface area contributed by atoms with Gasteiger partial charge in [0.25, 0.3) is 5.91 Å². The van der Waals surface area contributed by atoms with Crippen LogP contribution in [0.5, 0.6) is 0 Å². The molecule has 5 nitrogen and oxygen atoms in total. The summed E-state index contributed by atoms with van der Waals surface area (Å²) in [5.74, 6) is -0.907. The van der Waals surface area contributed by atoms with Crippen molar-refractivity contribution in [3.8, 4) is 0 Å². The minimum Gasteiger partial charge on any atom is -0.318 e. The van der Waals surface area contributed by atoms with Crippen LogP contribution in [0.25, 0.3) is 5.65 Å². The van der Waals surface area contributed by atoms with E-state index in [0.29, 0.717) is 12.1 Å². The molecular weight excluding hydrogens is 283 g/mol. The number of hydrogen-bond acceptors (Lipinski definition) is 3. The number of carbonyl (C=O) groups excluding carboxylic acids is 1. The molecule has 0 aliphatic heterocycles. The quantitative estimate of drug-likeness (QED) is 0.808. The van der Waals surface area contributed by atoms with Crippen LogP contribution in [0.15, 0.2) is 36.5 Å². The summed E-state index contributed by atoms with van der Waals surface area (Å²) in [5, 5.41) is 6.72. The summed E-state index contributed by atoms with van der Waals surface area (Å²) in [5.41, 5.74) is 2.63. The number of nitrogens with one attached hydrogen (secondary N) is 1. The van der Waals surface area contributed by atoms with Gasteiger partial charge < -0.3 is 5.32 Å². The van der Waals surface area contributed by atoms with Gasteiger partial charge in [0.1, 0.15) is 11.5 Å². The number of aromatic nitrogens is 3. The summed E-state index contributed by atoms with van der Waals surface area (Å²) in [7, 11) is 0. The Morgan fingerprint density at radius 3 is 2.86 bits per heavy atom. The molecule has 3 aromatic rings. The third-order valence-electron chi connectivity index (χ3n) is 3.40. The first-order valence-electron chi connectivity index (χ1n) is 6.99. The van der Waals surface area contributed by atoms with Crippen LogP contribution >= 0.6 is 0 Å². The van der Waals surface area contributed by atoms with Gasteiger partial charge in [-0.1, -0.05) is 13.0 Å². The third-order valence-corrected chi connectivity index (χ3v) is 3.40. The van der Waals surface area contributed by atoms with E-state index >= 15 is 0 Å². The molecule has 0 unspecified atom stereocenters. The van der Waals surface area contributed by atoms with Crippen LogP contribution in [-0.2, 0) is 6.42 Å². The first kappa shape index (κ1) is 14.2. The third kappa shape index (κ3) is 2.55. The Hall–Kier alpha value is -2.76. The molecule has 0 radical (unpaired) electrons. The molecular formula is C16H15FN4O. The predicted molar refractivity (Wildman–Crippen MR) is 81.5 cm³/mol. The van der Waals surface area contributed by atoms with Gasteiger partial charge in [-0.15, -0.1) is 0 Å². The van der Waals surface area contributed by atoms with E-state index in [0.717, 1.165) is 11.3 Å². The Balaban J connectivity index is 1.94. The van der Waals surface area contributed by atoms with Crippen LogP contribution in [0.1, 0.15) is 28.7 Å². The molecule has 0 saturated carbocycles. The second-order valence-corrected chi connectivity index (χ2v) is 5.02.